The lowest BCUT2D eigenvalue weighted by Crippen LogP contribution is -2.42. The quantitative estimate of drug-likeness (QED) is 0.848. The van der Waals surface area contributed by atoms with Crippen molar-refractivity contribution in [3.8, 4) is 5.75 Å². The maximum Gasteiger partial charge on any atom is 0.254 e. The molecule has 1 saturated heterocycles. The van der Waals surface area contributed by atoms with E-state index in [4.69, 9.17) is 9.47 Å². The SMILES string of the molecule is CO[C@]1(COc2ccccc2)CCN(C(=O)c2ccncc2C)C1. The van der Waals surface area contributed by atoms with Crippen LogP contribution in [0.15, 0.2) is 48.8 Å². The van der Waals surface area contributed by atoms with E-state index < -0.39 is 5.60 Å². The molecule has 24 heavy (non-hydrogen) atoms. The molecule has 0 aliphatic carbocycles. The van der Waals surface area contributed by atoms with Crippen molar-refractivity contribution >= 4 is 5.91 Å². The number of carbonyl (C=O) groups excluding carboxylic acids is 1. The zero-order chi connectivity index (χ0) is 17.0. The van der Waals surface area contributed by atoms with Gasteiger partial charge in [-0.25, -0.2) is 0 Å². The van der Waals surface area contributed by atoms with Crippen LogP contribution in [0.1, 0.15) is 22.3 Å². The summed E-state index contributed by atoms with van der Waals surface area (Å²) in [5.41, 5.74) is 1.12. The van der Waals surface area contributed by atoms with Gasteiger partial charge in [0.1, 0.15) is 18.0 Å². The highest BCUT2D eigenvalue weighted by Gasteiger charge is 2.41. The second-order valence-corrected chi connectivity index (χ2v) is 6.16. The molecule has 2 heterocycles. The first-order chi connectivity index (χ1) is 11.6. The van der Waals surface area contributed by atoms with Crippen LogP contribution in [0.2, 0.25) is 0 Å². The number of aromatic nitrogens is 1. The van der Waals surface area contributed by atoms with Crippen LogP contribution in [-0.2, 0) is 4.74 Å². The molecule has 0 saturated carbocycles. The second-order valence-electron chi connectivity index (χ2n) is 6.16. The average molecular weight is 326 g/mol. The third-order valence-electron chi connectivity index (χ3n) is 4.53. The Bertz CT molecular complexity index is 705. The summed E-state index contributed by atoms with van der Waals surface area (Å²) in [4.78, 5) is 18.6. The number of methoxy groups -OCH3 is 1. The second kappa shape index (κ2) is 7.01. The van der Waals surface area contributed by atoms with Gasteiger partial charge in [0, 0.05) is 31.6 Å². The lowest BCUT2D eigenvalue weighted by Gasteiger charge is -2.28. The lowest BCUT2D eigenvalue weighted by atomic mass is 10.0. The van der Waals surface area contributed by atoms with E-state index in [-0.39, 0.29) is 5.91 Å². The number of hydrogen-bond acceptors (Lipinski definition) is 4. The number of carbonyl (C=O) groups is 1. The maximum absolute atomic E-state index is 12.7. The number of hydrogen-bond donors (Lipinski definition) is 0. The molecule has 0 radical (unpaired) electrons. The van der Waals surface area contributed by atoms with Gasteiger partial charge < -0.3 is 14.4 Å². The van der Waals surface area contributed by atoms with Crippen molar-refractivity contribution in [2.45, 2.75) is 18.9 Å². The Morgan fingerprint density at radius 3 is 2.79 bits per heavy atom. The smallest absolute Gasteiger partial charge is 0.254 e. The molecular weight excluding hydrogens is 304 g/mol. The van der Waals surface area contributed by atoms with E-state index in [0.717, 1.165) is 17.7 Å². The third kappa shape index (κ3) is 3.41. The van der Waals surface area contributed by atoms with Crippen LogP contribution >= 0.6 is 0 Å². The zero-order valence-electron chi connectivity index (χ0n) is 14.1. The van der Waals surface area contributed by atoms with Crippen molar-refractivity contribution in [1.29, 1.82) is 0 Å². The van der Waals surface area contributed by atoms with Gasteiger partial charge in [-0.2, -0.15) is 0 Å². The van der Waals surface area contributed by atoms with Crippen molar-refractivity contribution in [2.24, 2.45) is 0 Å². The minimum absolute atomic E-state index is 0.0218. The average Bonchev–Trinajstić information content (AvgIpc) is 3.06. The Morgan fingerprint density at radius 1 is 1.29 bits per heavy atom. The van der Waals surface area contributed by atoms with E-state index >= 15 is 0 Å². The van der Waals surface area contributed by atoms with Gasteiger partial charge in [0.2, 0.25) is 0 Å². The fourth-order valence-corrected chi connectivity index (χ4v) is 2.98. The molecule has 1 aliphatic heterocycles. The van der Waals surface area contributed by atoms with Crippen LogP contribution in [-0.4, -0.2) is 48.2 Å². The van der Waals surface area contributed by atoms with Gasteiger partial charge in [0.25, 0.3) is 5.91 Å². The van der Waals surface area contributed by atoms with E-state index in [0.29, 0.717) is 25.3 Å². The first kappa shape index (κ1) is 16.5. The Hall–Kier alpha value is -2.40. The van der Waals surface area contributed by atoms with Crippen LogP contribution in [0.3, 0.4) is 0 Å². The molecule has 1 atom stereocenters. The summed E-state index contributed by atoms with van der Waals surface area (Å²) in [6.45, 7) is 3.51. The van der Waals surface area contributed by atoms with Crippen molar-refractivity contribution in [2.75, 3.05) is 26.8 Å². The summed E-state index contributed by atoms with van der Waals surface area (Å²) in [5, 5.41) is 0. The van der Waals surface area contributed by atoms with Crippen molar-refractivity contribution in [3.63, 3.8) is 0 Å². The van der Waals surface area contributed by atoms with Crippen LogP contribution < -0.4 is 4.74 Å². The number of para-hydroxylation sites is 1. The van der Waals surface area contributed by atoms with E-state index in [1.54, 1.807) is 25.6 Å². The summed E-state index contributed by atoms with van der Waals surface area (Å²) in [7, 11) is 1.68. The number of likely N-dealkylation sites (tertiary alicyclic amines) is 1. The number of ether oxygens (including phenoxy) is 2. The van der Waals surface area contributed by atoms with Gasteiger partial charge in [-0.3, -0.25) is 9.78 Å². The normalized spacial score (nSPS) is 20.2. The maximum atomic E-state index is 12.7. The third-order valence-corrected chi connectivity index (χ3v) is 4.53. The zero-order valence-corrected chi connectivity index (χ0v) is 14.1. The van der Waals surface area contributed by atoms with Crippen LogP contribution in [0.5, 0.6) is 5.75 Å². The topological polar surface area (TPSA) is 51.7 Å². The predicted octanol–water partition coefficient (Wildman–Crippen LogP) is 2.70. The molecule has 0 N–H and O–H groups in total. The summed E-state index contributed by atoms with van der Waals surface area (Å²) in [6, 6.07) is 11.4. The van der Waals surface area contributed by atoms with Gasteiger partial charge in [0.05, 0.1) is 6.54 Å². The Morgan fingerprint density at radius 2 is 2.08 bits per heavy atom. The van der Waals surface area contributed by atoms with E-state index in [1.165, 1.54) is 0 Å². The molecule has 0 bridgehead atoms. The largest absolute Gasteiger partial charge is 0.491 e. The molecule has 1 amide bonds. The van der Waals surface area contributed by atoms with Gasteiger partial charge in [-0.15, -0.1) is 0 Å². The number of rotatable bonds is 5. The van der Waals surface area contributed by atoms with E-state index in [2.05, 4.69) is 4.98 Å². The monoisotopic (exact) mass is 326 g/mol. The molecule has 0 unspecified atom stereocenters. The summed E-state index contributed by atoms with van der Waals surface area (Å²) in [5.74, 6) is 0.831. The fourth-order valence-electron chi connectivity index (χ4n) is 2.98. The van der Waals surface area contributed by atoms with Crippen molar-refractivity contribution in [1.82, 2.24) is 9.88 Å². The highest BCUT2D eigenvalue weighted by Crippen LogP contribution is 2.27. The van der Waals surface area contributed by atoms with Gasteiger partial charge in [-0.1, -0.05) is 18.2 Å². The van der Waals surface area contributed by atoms with Gasteiger partial charge in [-0.05, 0) is 37.1 Å². The highest BCUT2D eigenvalue weighted by molar-refractivity contribution is 5.95. The Labute approximate surface area is 142 Å². The van der Waals surface area contributed by atoms with Crippen LogP contribution in [0, 0.1) is 6.92 Å². The number of nitrogens with zero attached hydrogens (tertiary/aromatic N) is 2. The Kier molecular flexibility index (Phi) is 4.81. The summed E-state index contributed by atoms with van der Waals surface area (Å²) in [6.07, 6.45) is 4.12. The first-order valence-electron chi connectivity index (χ1n) is 8.06. The minimum atomic E-state index is -0.466. The fraction of sp³-hybridized carbons (Fsp3) is 0.368. The lowest BCUT2D eigenvalue weighted by molar-refractivity contribution is -0.0342. The molecule has 1 fully saturated rings. The number of aryl methyl sites for hydroxylation is 1. The molecule has 5 nitrogen and oxygen atoms in total. The molecule has 1 aliphatic rings. The number of amides is 1. The molecule has 0 spiro atoms. The van der Waals surface area contributed by atoms with E-state index in [9.17, 15) is 4.79 Å². The predicted molar refractivity (Wildman–Crippen MR) is 91.2 cm³/mol. The molecular formula is C19H22N2O3. The standard InChI is InChI=1S/C19H22N2O3/c1-15-12-20-10-8-17(15)18(22)21-11-9-19(13-21,23-2)14-24-16-6-4-3-5-7-16/h3-8,10,12H,9,11,13-14H2,1-2H3/t19-/m1/s1. The van der Waals surface area contributed by atoms with Crippen molar-refractivity contribution < 1.29 is 14.3 Å². The van der Waals surface area contributed by atoms with E-state index in [1.807, 2.05) is 42.2 Å². The molecule has 1 aromatic heterocycles. The Balaban J connectivity index is 1.68. The molecule has 3 rings (SSSR count). The minimum Gasteiger partial charge on any atom is -0.491 e. The first-order valence-corrected chi connectivity index (χ1v) is 8.06. The summed E-state index contributed by atoms with van der Waals surface area (Å²) < 4.78 is 11.6. The van der Waals surface area contributed by atoms with Crippen LogP contribution in [0.25, 0.3) is 0 Å². The molecule has 2 aromatic rings. The van der Waals surface area contributed by atoms with Gasteiger partial charge in [0.15, 0.2) is 0 Å². The number of benzene rings is 1. The molecule has 5 heteroatoms. The summed E-state index contributed by atoms with van der Waals surface area (Å²) >= 11 is 0. The molecule has 126 valence electrons. The highest BCUT2D eigenvalue weighted by atomic mass is 16.5. The molecule has 1 aromatic carbocycles. The number of pyridine rings is 1. The van der Waals surface area contributed by atoms with Gasteiger partial charge >= 0.3 is 0 Å². The van der Waals surface area contributed by atoms with Crippen LogP contribution in [0.4, 0.5) is 0 Å². The van der Waals surface area contributed by atoms with Crippen molar-refractivity contribution in [3.05, 3.63) is 59.9 Å².